The third kappa shape index (κ3) is 2.65. The van der Waals surface area contributed by atoms with Gasteiger partial charge in [0, 0.05) is 43.4 Å². The van der Waals surface area contributed by atoms with Gasteiger partial charge >= 0.3 is 0 Å². The van der Waals surface area contributed by atoms with Gasteiger partial charge in [-0.05, 0) is 12.1 Å². The lowest BCUT2D eigenvalue weighted by Gasteiger charge is -2.45. The minimum absolute atomic E-state index is 0.0727. The summed E-state index contributed by atoms with van der Waals surface area (Å²) in [7, 11) is 1.79. The second-order valence-electron chi connectivity index (χ2n) is 6.30. The van der Waals surface area contributed by atoms with Crippen molar-refractivity contribution in [2.24, 2.45) is 0 Å². The fourth-order valence-electron chi connectivity index (χ4n) is 3.13. The highest BCUT2D eigenvalue weighted by Crippen LogP contribution is 2.30. The third-order valence-corrected chi connectivity index (χ3v) is 4.77. The summed E-state index contributed by atoms with van der Waals surface area (Å²) in [6, 6.07) is 3.66. The maximum absolute atomic E-state index is 11.7. The quantitative estimate of drug-likeness (QED) is 0.688. The number of aromatic amines is 2. The number of fused-ring (bicyclic) bond motifs is 1. The van der Waals surface area contributed by atoms with Crippen molar-refractivity contribution < 1.29 is 4.79 Å². The molecule has 0 atom stereocenters. The number of nitrogens with one attached hydrogen (secondary N) is 2. The van der Waals surface area contributed by atoms with Crippen molar-refractivity contribution in [2.75, 3.05) is 25.0 Å². The largest absolute Gasteiger partial charge is 0.366 e. The normalized spacial score (nSPS) is 14.3. The van der Waals surface area contributed by atoms with E-state index in [1.54, 1.807) is 24.3 Å². The first-order chi connectivity index (χ1) is 12.6. The van der Waals surface area contributed by atoms with Crippen LogP contribution in [0, 0.1) is 0 Å². The molecule has 2 N–H and O–H groups in total. The van der Waals surface area contributed by atoms with Crippen LogP contribution in [0.4, 0.5) is 5.69 Å². The minimum Gasteiger partial charge on any atom is -0.366 e. The van der Waals surface area contributed by atoms with Crippen molar-refractivity contribution in [3.8, 4) is 11.3 Å². The van der Waals surface area contributed by atoms with Crippen molar-refractivity contribution in [1.82, 2.24) is 24.8 Å². The van der Waals surface area contributed by atoms with Gasteiger partial charge in [0.15, 0.2) is 0 Å². The van der Waals surface area contributed by atoms with Crippen LogP contribution in [0.15, 0.2) is 48.3 Å². The number of aromatic nitrogens is 4. The number of pyridine rings is 1. The van der Waals surface area contributed by atoms with E-state index < -0.39 is 0 Å². The number of hydrogen-bond donors (Lipinski definition) is 2. The van der Waals surface area contributed by atoms with E-state index in [4.69, 9.17) is 0 Å². The van der Waals surface area contributed by atoms with Crippen molar-refractivity contribution in [3.63, 3.8) is 0 Å². The molecular formula is C18H18N6O2. The molecule has 8 nitrogen and oxygen atoms in total. The second-order valence-corrected chi connectivity index (χ2v) is 6.30. The molecule has 0 radical (unpaired) electrons. The van der Waals surface area contributed by atoms with E-state index in [2.05, 4.69) is 31.4 Å². The lowest BCUT2D eigenvalue weighted by molar-refractivity contribution is -0.127. The molecule has 0 aliphatic carbocycles. The summed E-state index contributed by atoms with van der Waals surface area (Å²) in [4.78, 5) is 41.5. The van der Waals surface area contributed by atoms with E-state index in [0.29, 0.717) is 5.69 Å². The first-order valence-corrected chi connectivity index (χ1v) is 8.23. The third-order valence-electron chi connectivity index (χ3n) is 4.77. The Balaban J connectivity index is 1.61. The number of H-pyrrole nitrogens is 2. The van der Waals surface area contributed by atoms with E-state index in [-0.39, 0.29) is 17.5 Å². The Morgan fingerprint density at radius 2 is 2.15 bits per heavy atom. The van der Waals surface area contributed by atoms with Crippen molar-refractivity contribution >= 4 is 22.6 Å². The lowest BCUT2D eigenvalue weighted by Crippen LogP contribution is -2.59. The number of carbonyl (C=O) groups excluding carboxylic acids is 1. The summed E-state index contributed by atoms with van der Waals surface area (Å²) in [5, 5.41) is 0.902. The molecule has 0 bridgehead atoms. The molecule has 1 aliphatic heterocycles. The molecule has 4 rings (SSSR count). The predicted octanol–water partition coefficient (Wildman–Crippen LogP) is 1.15. The highest BCUT2D eigenvalue weighted by molar-refractivity contribution is 5.94. The fraction of sp³-hybridized carbons (Fsp3) is 0.222. The number of likely N-dealkylation sites (N-methyl/N-ethyl adjacent to an activating group) is 1. The van der Waals surface area contributed by atoms with Crippen LogP contribution in [-0.2, 0) is 4.79 Å². The highest BCUT2D eigenvalue weighted by Gasteiger charge is 2.32. The molecule has 4 heterocycles. The Morgan fingerprint density at radius 1 is 1.35 bits per heavy atom. The van der Waals surface area contributed by atoms with Gasteiger partial charge < -0.3 is 19.8 Å². The van der Waals surface area contributed by atoms with Crippen LogP contribution in [-0.4, -0.2) is 56.9 Å². The van der Waals surface area contributed by atoms with Crippen molar-refractivity contribution in [3.05, 3.63) is 53.9 Å². The SMILES string of the molecule is C=CC(=O)N(C)C1CN(c2cnc3[nH]cc(-c4cc(=O)[nH]cn4)c3c2)C1. The average molecular weight is 350 g/mol. The number of carbonyl (C=O) groups is 1. The van der Waals surface area contributed by atoms with Crippen LogP contribution in [0.3, 0.4) is 0 Å². The highest BCUT2D eigenvalue weighted by atomic mass is 16.2. The summed E-state index contributed by atoms with van der Waals surface area (Å²) in [6.07, 6.45) is 6.33. The summed E-state index contributed by atoms with van der Waals surface area (Å²) in [5.41, 5.74) is 2.93. The topological polar surface area (TPSA) is 98.0 Å². The molecular weight excluding hydrogens is 332 g/mol. The van der Waals surface area contributed by atoms with Crippen molar-refractivity contribution in [1.29, 1.82) is 0 Å². The van der Waals surface area contributed by atoms with Gasteiger partial charge in [0.05, 0.1) is 29.9 Å². The summed E-state index contributed by atoms with van der Waals surface area (Å²) in [6.45, 7) is 5.01. The van der Waals surface area contributed by atoms with Gasteiger partial charge in [-0.3, -0.25) is 9.59 Å². The van der Waals surface area contributed by atoms with Crippen LogP contribution in [0.1, 0.15) is 0 Å². The van der Waals surface area contributed by atoms with Gasteiger partial charge in [-0.2, -0.15) is 0 Å². The van der Waals surface area contributed by atoms with Gasteiger partial charge in [0.25, 0.3) is 5.56 Å². The van der Waals surface area contributed by atoms with Gasteiger partial charge in [0.1, 0.15) is 5.65 Å². The molecule has 1 amide bonds. The Hall–Kier alpha value is -3.42. The second kappa shape index (κ2) is 6.14. The molecule has 0 unspecified atom stereocenters. The van der Waals surface area contributed by atoms with Crippen LogP contribution >= 0.6 is 0 Å². The van der Waals surface area contributed by atoms with E-state index in [1.807, 2.05) is 6.07 Å². The predicted molar refractivity (Wildman–Crippen MR) is 98.9 cm³/mol. The zero-order valence-electron chi connectivity index (χ0n) is 14.3. The maximum atomic E-state index is 11.7. The Bertz CT molecular complexity index is 1050. The summed E-state index contributed by atoms with van der Waals surface area (Å²) < 4.78 is 0. The molecule has 8 heteroatoms. The fourth-order valence-corrected chi connectivity index (χ4v) is 3.13. The molecule has 0 spiro atoms. The summed E-state index contributed by atoms with van der Waals surface area (Å²) >= 11 is 0. The number of anilines is 1. The van der Waals surface area contributed by atoms with Gasteiger partial charge in [-0.15, -0.1) is 0 Å². The first kappa shape index (κ1) is 16.1. The van der Waals surface area contributed by atoms with E-state index in [1.165, 1.54) is 18.5 Å². The molecule has 3 aromatic rings. The van der Waals surface area contributed by atoms with Crippen LogP contribution in [0.5, 0.6) is 0 Å². The molecule has 3 aromatic heterocycles. The van der Waals surface area contributed by atoms with Crippen LogP contribution in [0.25, 0.3) is 22.3 Å². The van der Waals surface area contributed by atoms with Crippen LogP contribution in [0.2, 0.25) is 0 Å². The maximum Gasteiger partial charge on any atom is 0.251 e. The zero-order chi connectivity index (χ0) is 18.3. The van der Waals surface area contributed by atoms with Crippen molar-refractivity contribution in [2.45, 2.75) is 6.04 Å². The average Bonchev–Trinajstić information content (AvgIpc) is 3.03. The lowest BCUT2D eigenvalue weighted by atomic mass is 10.1. The van der Waals surface area contributed by atoms with E-state index in [9.17, 15) is 9.59 Å². The monoisotopic (exact) mass is 350 g/mol. The van der Waals surface area contributed by atoms with Gasteiger partial charge in [0.2, 0.25) is 5.91 Å². The van der Waals surface area contributed by atoms with Crippen LogP contribution < -0.4 is 10.5 Å². The molecule has 26 heavy (non-hydrogen) atoms. The Kier molecular flexibility index (Phi) is 3.80. The molecule has 132 valence electrons. The number of amides is 1. The van der Waals surface area contributed by atoms with Gasteiger partial charge in [-0.25, -0.2) is 9.97 Å². The number of hydrogen-bond acceptors (Lipinski definition) is 5. The number of nitrogens with zero attached hydrogens (tertiary/aromatic N) is 4. The van der Waals surface area contributed by atoms with E-state index in [0.717, 1.165) is 35.4 Å². The first-order valence-electron chi connectivity index (χ1n) is 8.23. The summed E-state index contributed by atoms with van der Waals surface area (Å²) in [5.74, 6) is -0.0727. The Morgan fingerprint density at radius 3 is 2.88 bits per heavy atom. The van der Waals surface area contributed by atoms with Gasteiger partial charge in [-0.1, -0.05) is 6.58 Å². The zero-order valence-corrected chi connectivity index (χ0v) is 14.3. The molecule has 0 saturated carbocycles. The molecule has 1 saturated heterocycles. The Labute approximate surface area is 149 Å². The minimum atomic E-state index is -0.200. The number of rotatable bonds is 4. The molecule has 1 aliphatic rings. The smallest absolute Gasteiger partial charge is 0.251 e. The molecule has 0 aromatic carbocycles. The molecule has 1 fully saturated rings. The standard InChI is InChI=1S/C18H18N6O2/c1-3-17(26)23(2)12-8-24(9-12)11-4-13-14(7-20-18(13)19-6-11)15-5-16(25)22-10-21-15/h3-7,10,12H,1,8-9H2,2H3,(H,19,20)(H,21,22,25). The van der Waals surface area contributed by atoms with E-state index >= 15 is 0 Å².